The molecule has 2 radical (unpaired) electrons. The normalized spacial score (nSPS) is 13.9. The van der Waals surface area contributed by atoms with Gasteiger partial charge in [-0.05, 0) is 129 Å². The first-order valence-electron chi connectivity index (χ1n) is 29.1. The number of rotatable bonds is 10. The first-order chi connectivity index (χ1) is 40.2. The monoisotopic (exact) mass is 1500 g/mol. The van der Waals surface area contributed by atoms with E-state index in [-0.39, 0.29) is 44.7 Å². The molecule has 2 aliphatic rings. The Kier molecular flexibility index (Phi) is 17.1. The molecule has 2 unspecified atom stereocenters. The molecule has 8 aromatic carbocycles. The molecule has 0 amide bonds. The number of aryl methyl sites for hydroxylation is 2. The molecule has 8 nitrogen and oxygen atoms in total. The second kappa shape index (κ2) is 24.4. The summed E-state index contributed by atoms with van der Waals surface area (Å²) in [5.74, 6) is 2.64. The first kappa shape index (κ1) is 59.7. The molecule has 0 bridgehead atoms. The Morgan fingerprint density at radius 2 is 0.835 bits per heavy atom. The van der Waals surface area contributed by atoms with E-state index in [2.05, 4.69) is 235 Å². The van der Waals surface area contributed by atoms with E-state index in [0.29, 0.717) is 11.8 Å². The van der Waals surface area contributed by atoms with E-state index in [1.807, 2.05) is 26.0 Å². The molecule has 4 aromatic heterocycles. The Labute approximate surface area is 528 Å². The summed E-state index contributed by atoms with van der Waals surface area (Å²) in [6.07, 6.45) is 2.01. The van der Waals surface area contributed by atoms with Gasteiger partial charge in [0, 0.05) is 44.4 Å². The summed E-state index contributed by atoms with van der Waals surface area (Å²) >= 11 is 0. The van der Waals surface area contributed by atoms with E-state index in [0.717, 1.165) is 114 Å². The van der Waals surface area contributed by atoms with Crippen LogP contribution in [0, 0.1) is 25.7 Å². The Bertz CT molecular complexity index is 4450. The zero-order valence-corrected chi connectivity index (χ0v) is 56.8. The Morgan fingerprint density at radius 1 is 0.435 bits per heavy atom. The summed E-state index contributed by atoms with van der Waals surface area (Å²) in [5.41, 5.74) is 21.5. The van der Waals surface area contributed by atoms with Crippen LogP contribution in [0.2, 0.25) is 0 Å². The predicted molar refractivity (Wildman–Crippen MR) is 352 cm³/mol. The molecule has 85 heavy (non-hydrogen) atoms. The molecule has 0 fully saturated rings. The fourth-order valence-electron chi connectivity index (χ4n) is 12.8. The van der Waals surface area contributed by atoms with Gasteiger partial charge in [0.25, 0.3) is 0 Å². The van der Waals surface area contributed by atoms with Crippen LogP contribution in [0.15, 0.2) is 182 Å². The first-order valence-corrected chi connectivity index (χ1v) is 32.6. The number of hydrogen-bond acceptors (Lipinski definition) is 6. The van der Waals surface area contributed by atoms with E-state index in [1.165, 1.54) is 54.6 Å². The molecule has 12 aromatic rings. The minimum absolute atomic E-state index is 0. The van der Waals surface area contributed by atoms with Gasteiger partial charge in [-0.3, -0.25) is 0 Å². The van der Waals surface area contributed by atoms with Crippen molar-refractivity contribution in [1.29, 1.82) is 0 Å². The van der Waals surface area contributed by atoms with Gasteiger partial charge in [-0.1, -0.05) is 185 Å². The van der Waals surface area contributed by atoms with Crippen molar-refractivity contribution in [3.05, 3.63) is 205 Å². The SMILES string of the molecule is Cc1n[n-]c(-c2nc(-c3cccc4c3[PH+](C(C)(C)C)c3ccccc3-4)nc3cc(CC(C)C)ccc23)c1-c1ccccc1.Cc1n[n-]c(-c2nc(-c3cccc4c3[PH+](C)c3ccccc3-4)nc3cc(CC(C)C)ccc23)c1-c1ccccc1.[Os+].[Os+]. The van der Waals surface area contributed by atoms with Crippen LogP contribution < -0.4 is 31.4 Å². The molecule has 0 aliphatic carbocycles. The van der Waals surface area contributed by atoms with Crippen LogP contribution in [-0.4, -0.2) is 42.0 Å². The molecule has 0 N–H and O–H groups in total. The largest absolute Gasteiger partial charge is 1.00 e. The zero-order chi connectivity index (χ0) is 57.3. The number of fused-ring (bicyclic) bond motifs is 8. The van der Waals surface area contributed by atoms with Crippen molar-refractivity contribution in [2.24, 2.45) is 11.8 Å². The molecule has 6 heterocycles. The van der Waals surface area contributed by atoms with Crippen LogP contribution in [0.3, 0.4) is 0 Å². The van der Waals surface area contributed by atoms with Crippen molar-refractivity contribution in [1.82, 2.24) is 40.3 Å². The molecule has 12 heteroatoms. The summed E-state index contributed by atoms with van der Waals surface area (Å²) in [6.45, 7) is 22.6. The third-order valence-electron chi connectivity index (χ3n) is 16.3. The number of nitrogens with zero attached hydrogens (tertiary/aromatic N) is 8. The number of hydrogen-bond donors (Lipinski definition) is 0. The van der Waals surface area contributed by atoms with Gasteiger partial charge in [0.15, 0.2) is 11.6 Å². The van der Waals surface area contributed by atoms with Gasteiger partial charge < -0.3 is 20.4 Å². The summed E-state index contributed by atoms with van der Waals surface area (Å²) in [4.78, 5) is 21.3. The van der Waals surface area contributed by atoms with Gasteiger partial charge in [0.1, 0.15) is 21.2 Å². The molecular formula is C73H68N8Os2P2+2. The predicted octanol–water partition coefficient (Wildman–Crippen LogP) is 15.7. The molecule has 2 atom stereocenters. The van der Waals surface area contributed by atoms with Gasteiger partial charge in [-0.2, -0.15) is 0 Å². The van der Waals surface area contributed by atoms with Crippen molar-refractivity contribution in [2.45, 2.75) is 80.3 Å². The van der Waals surface area contributed by atoms with Gasteiger partial charge in [0.05, 0.1) is 61.2 Å². The Hall–Kier alpha value is -7.01. The van der Waals surface area contributed by atoms with Gasteiger partial charge >= 0.3 is 39.6 Å². The molecular weight excluding hydrogens is 1430 g/mol. The second-order valence-electron chi connectivity index (χ2n) is 24.2. The van der Waals surface area contributed by atoms with E-state index in [4.69, 9.17) is 30.1 Å². The van der Waals surface area contributed by atoms with Gasteiger partial charge in [0.2, 0.25) is 0 Å². The van der Waals surface area contributed by atoms with Crippen LogP contribution >= 0.6 is 15.8 Å². The van der Waals surface area contributed by atoms with Crippen LogP contribution in [0.25, 0.3) is 112 Å². The van der Waals surface area contributed by atoms with Crippen molar-refractivity contribution in [3.8, 4) is 90.1 Å². The van der Waals surface area contributed by atoms with Crippen LogP contribution in [-0.2, 0) is 52.4 Å². The van der Waals surface area contributed by atoms with Crippen LogP contribution in [0.4, 0.5) is 0 Å². The summed E-state index contributed by atoms with van der Waals surface area (Å²) < 4.78 is 0. The maximum atomic E-state index is 5.39. The average Bonchev–Trinajstić information content (AvgIpc) is 1.78. The fourth-order valence-corrected chi connectivity index (χ4v) is 18.8. The smallest absolute Gasteiger partial charge is 0.573 e. The van der Waals surface area contributed by atoms with Crippen molar-refractivity contribution < 1.29 is 39.6 Å². The number of benzene rings is 8. The van der Waals surface area contributed by atoms with Gasteiger partial charge in [-0.15, -0.1) is 0 Å². The summed E-state index contributed by atoms with van der Waals surface area (Å²) in [6, 6.07) is 65.1. The minimum Gasteiger partial charge on any atom is -0.573 e. The van der Waals surface area contributed by atoms with Crippen LogP contribution in [0.1, 0.15) is 71.0 Å². The topological polar surface area (TPSA) is 106 Å². The third-order valence-corrected chi connectivity index (χ3v) is 22.3. The standard InChI is InChI=1S/C38H36N4P.C35H30N4P.2Os/c1-23(2)21-25-19-20-29-31(22-25)39-37(40-34(29)35-33(24(3)41-42-35)26-13-8-7-9-14-26)30-17-12-16-28-27-15-10-11-18-32(27)43(36(28)30)38(4,5)6;1-21(2)19-23-17-18-27-29(20-23)36-35(28-15-10-14-26-25-13-8-9-16-30(25)40(4)34(26)28)37-32(27)33-31(22(3)38-39-33)24-11-6-5-7-12-24;;/h7-20,22-23H,21H2,1-6H3;5-18,20-21H,19H2,1-4H3;;/q2*-1;2*+1/p+2. The third kappa shape index (κ3) is 11.2. The number of aromatic nitrogens is 8. The fraction of sp³-hybridized carbons (Fsp3) is 0.205. The van der Waals surface area contributed by atoms with Gasteiger partial charge in [-0.25, -0.2) is 19.9 Å². The van der Waals surface area contributed by atoms with E-state index in [9.17, 15) is 0 Å². The molecule has 2 aliphatic heterocycles. The van der Waals surface area contributed by atoms with Crippen molar-refractivity contribution in [3.63, 3.8) is 0 Å². The maximum absolute atomic E-state index is 5.39. The molecule has 0 saturated carbocycles. The Balaban J connectivity index is 0.000000173. The quantitative estimate of drug-likeness (QED) is 0.125. The van der Waals surface area contributed by atoms with Crippen molar-refractivity contribution >= 4 is 58.9 Å². The second-order valence-corrected chi connectivity index (χ2v) is 29.8. The average molecular weight is 1500 g/mol. The zero-order valence-electron chi connectivity index (χ0n) is 49.7. The Morgan fingerprint density at radius 3 is 1.31 bits per heavy atom. The summed E-state index contributed by atoms with van der Waals surface area (Å²) in [7, 11) is -2.08. The summed E-state index contributed by atoms with van der Waals surface area (Å²) in [5, 5.41) is 26.4. The van der Waals surface area contributed by atoms with E-state index in [1.54, 1.807) is 0 Å². The van der Waals surface area contributed by atoms with E-state index < -0.39 is 15.8 Å². The molecule has 0 saturated heterocycles. The van der Waals surface area contributed by atoms with Crippen molar-refractivity contribution in [2.75, 3.05) is 6.66 Å². The molecule has 0 spiro atoms. The maximum Gasteiger partial charge on any atom is 1.00 e. The minimum atomic E-state index is -1.13. The van der Waals surface area contributed by atoms with Crippen LogP contribution in [0.5, 0.6) is 0 Å². The molecule has 14 rings (SSSR count). The van der Waals surface area contributed by atoms with E-state index >= 15 is 0 Å². The molecule has 424 valence electrons.